The number of rotatable bonds is 3. The van der Waals surface area contributed by atoms with E-state index in [2.05, 4.69) is 5.32 Å². The lowest BCUT2D eigenvalue weighted by Gasteiger charge is -2.20. The molecule has 0 amide bonds. The van der Waals surface area contributed by atoms with Crippen molar-refractivity contribution >= 4 is 15.7 Å². The highest BCUT2D eigenvalue weighted by Crippen LogP contribution is 2.26. The number of halogens is 1. The van der Waals surface area contributed by atoms with Gasteiger partial charge in [-0.2, -0.15) is 0 Å². The van der Waals surface area contributed by atoms with Crippen LogP contribution in [0.15, 0.2) is 47.4 Å². The van der Waals surface area contributed by atoms with Gasteiger partial charge < -0.3 is 5.32 Å². The van der Waals surface area contributed by atoms with E-state index in [1.165, 1.54) is 25.2 Å². The fraction of sp³-hybridized carbons (Fsp3) is 0.200. The predicted molar refractivity (Wildman–Crippen MR) is 79.0 cm³/mol. The van der Waals surface area contributed by atoms with Crippen molar-refractivity contribution in [1.82, 2.24) is 5.32 Å². The molecule has 1 aliphatic heterocycles. The molecule has 2 aromatic carbocycles. The van der Waals surface area contributed by atoms with Crippen LogP contribution in [0.1, 0.15) is 11.1 Å². The molecule has 0 spiro atoms. The third-order valence-corrected chi connectivity index (χ3v) is 5.43. The first-order valence-electron chi connectivity index (χ1n) is 6.56. The predicted octanol–water partition coefficient (Wildman–Crippen LogP) is 2.25. The van der Waals surface area contributed by atoms with E-state index in [9.17, 15) is 12.8 Å². The quantitative estimate of drug-likeness (QED) is 0.946. The number of nitrogens with one attached hydrogen (secondary N) is 1. The van der Waals surface area contributed by atoms with E-state index in [4.69, 9.17) is 0 Å². The van der Waals surface area contributed by atoms with Gasteiger partial charge in [0, 0.05) is 20.1 Å². The maximum Gasteiger partial charge on any atom is 0.264 e. The van der Waals surface area contributed by atoms with Gasteiger partial charge in [0.15, 0.2) is 0 Å². The van der Waals surface area contributed by atoms with Gasteiger partial charge in [0.25, 0.3) is 10.0 Å². The maximum absolute atomic E-state index is 13.8. The SMILES string of the molecule is CN(c1ccccc1F)S(=O)(=O)c1ccc2c(c1)CNC2. The Kier molecular flexibility index (Phi) is 3.43. The van der Waals surface area contributed by atoms with Gasteiger partial charge in [0.05, 0.1) is 10.6 Å². The van der Waals surface area contributed by atoms with E-state index in [-0.39, 0.29) is 10.6 Å². The molecule has 110 valence electrons. The number of sulfonamides is 1. The molecule has 0 saturated heterocycles. The van der Waals surface area contributed by atoms with Gasteiger partial charge >= 0.3 is 0 Å². The summed E-state index contributed by atoms with van der Waals surface area (Å²) >= 11 is 0. The van der Waals surface area contributed by atoms with Gasteiger partial charge in [-0.25, -0.2) is 12.8 Å². The van der Waals surface area contributed by atoms with E-state index in [1.807, 2.05) is 0 Å². The molecule has 4 nitrogen and oxygen atoms in total. The van der Waals surface area contributed by atoms with Crippen molar-refractivity contribution in [3.63, 3.8) is 0 Å². The number of hydrogen-bond donors (Lipinski definition) is 1. The van der Waals surface area contributed by atoms with Crippen LogP contribution < -0.4 is 9.62 Å². The van der Waals surface area contributed by atoms with E-state index in [0.717, 1.165) is 22.0 Å². The standard InChI is InChI=1S/C15H15FN2O2S/c1-18(15-5-3-2-4-14(15)16)21(19,20)13-7-6-11-9-17-10-12(11)8-13/h2-8,17H,9-10H2,1H3. The van der Waals surface area contributed by atoms with Crippen LogP contribution in [0.2, 0.25) is 0 Å². The van der Waals surface area contributed by atoms with Crippen molar-refractivity contribution in [2.45, 2.75) is 18.0 Å². The van der Waals surface area contributed by atoms with Gasteiger partial charge in [-0.1, -0.05) is 18.2 Å². The summed E-state index contributed by atoms with van der Waals surface area (Å²) < 4.78 is 40.0. The first-order chi connectivity index (χ1) is 10.00. The molecule has 0 aliphatic carbocycles. The Morgan fingerprint density at radius 3 is 2.57 bits per heavy atom. The van der Waals surface area contributed by atoms with E-state index < -0.39 is 15.8 Å². The first kappa shape index (κ1) is 14.0. The number of anilines is 1. The topological polar surface area (TPSA) is 49.4 Å². The first-order valence-corrected chi connectivity index (χ1v) is 8.00. The zero-order valence-electron chi connectivity index (χ0n) is 11.5. The largest absolute Gasteiger partial charge is 0.309 e. The molecule has 0 unspecified atom stereocenters. The summed E-state index contributed by atoms with van der Waals surface area (Å²) in [5, 5.41) is 3.17. The average molecular weight is 306 g/mol. The van der Waals surface area contributed by atoms with Gasteiger partial charge in [-0.3, -0.25) is 4.31 Å². The summed E-state index contributed by atoms with van der Waals surface area (Å²) in [6.07, 6.45) is 0. The lowest BCUT2D eigenvalue weighted by molar-refractivity contribution is 0.589. The molecule has 0 aromatic heterocycles. The Labute approximate surface area is 123 Å². The van der Waals surface area contributed by atoms with Gasteiger partial charge in [-0.05, 0) is 35.4 Å². The molecule has 21 heavy (non-hydrogen) atoms. The Balaban J connectivity index is 2.02. The summed E-state index contributed by atoms with van der Waals surface area (Å²) in [5.74, 6) is -0.564. The van der Waals surface area contributed by atoms with Crippen LogP contribution >= 0.6 is 0 Å². The van der Waals surface area contributed by atoms with Crippen molar-refractivity contribution in [2.75, 3.05) is 11.4 Å². The van der Waals surface area contributed by atoms with Crippen molar-refractivity contribution in [3.05, 3.63) is 59.4 Å². The molecule has 1 heterocycles. The van der Waals surface area contributed by atoms with E-state index in [1.54, 1.807) is 24.3 Å². The number of benzene rings is 2. The van der Waals surface area contributed by atoms with Crippen LogP contribution in [0.3, 0.4) is 0 Å². The summed E-state index contributed by atoms with van der Waals surface area (Å²) in [4.78, 5) is 0.177. The molecule has 6 heteroatoms. The molecule has 3 rings (SSSR count). The summed E-state index contributed by atoms with van der Waals surface area (Å²) in [7, 11) is -2.41. The van der Waals surface area contributed by atoms with Gasteiger partial charge in [-0.15, -0.1) is 0 Å². The zero-order chi connectivity index (χ0) is 15.0. The van der Waals surface area contributed by atoms with Crippen LogP contribution in [-0.4, -0.2) is 15.5 Å². The second-order valence-electron chi connectivity index (χ2n) is 4.96. The summed E-state index contributed by atoms with van der Waals surface area (Å²) in [6.45, 7) is 1.40. The Morgan fingerprint density at radius 1 is 1.10 bits per heavy atom. The monoisotopic (exact) mass is 306 g/mol. The minimum atomic E-state index is -3.77. The number of fused-ring (bicyclic) bond motifs is 1. The highest BCUT2D eigenvalue weighted by molar-refractivity contribution is 7.92. The van der Waals surface area contributed by atoms with Gasteiger partial charge in [0.2, 0.25) is 0 Å². The second kappa shape index (κ2) is 5.13. The summed E-state index contributed by atoms with van der Waals surface area (Å²) in [6, 6.07) is 10.9. The van der Waals surface area contributed by atoms with Crippen LogP contribution in [0.5, 0.6) is 0 Å². The molecule has 1 N–H and O–H groups in total. The lowest BCUT2D eigenvalue weighted by atomic mass is 10.1. The zero-order valence-corrected chi connectivity index (χ0v) is 12.3. The lowest BCUT2D eigenvalue weighted by Crippen LogP contribution is -2.27. The molecule has 2 aromatic rings. The molecule has 1 aliphatic rings. The molecule has 0 atom stereocenters. The highest BCUT2D eigenvalue weighted by Gasteiger charge is 2.24. The highest BCUT2D eigenvalue weighted by atomic mass is 32.2. The fourth-order valence-corrected chi connectivity index (χ4v) is 3.68. The van der Waals surface area contributed by atoms with Crippen LogP contribution in [0.4, 0.5) is 10.1 Å². The van der Waals surface area contributed by atoms with Crippen molar-refractivity contribution in [1.29, 1.82) is 0 Å². The minimum Gasteiger partial charge on any atom is -0.309 e. The number of nitrogens with zero attached hydrogens (tertiary/aromatic N) is 1. The third-order valence-electron chi connectivity index (χ3n) is 3.66. The minimum absolute atomic E-state index is 0.0381. The molecular formula is C15H15FN2O2S. The van der Waals surface area contributed by atoms with Crippen LogP contribution in [-0.2, 0) is 23.1 Å². The smallest absolute Gasteiger partial charge is 0.264 e. The van der Waals surface area contributed by atoms with Crippen molar-refractivity contribution in [2.24, 2.45) is 0 Å². The number of hydrogen-bond acceptors (Lipinski definition) is 3. The molecule has 0 saturated carbocycles. The molecule has 0 fully saturated rings. The Hall–Kier alpha value is -1.92. The normalized spacial score (nSPS) is 14.0. The second-order valence-corrected chi connectivity index (χ2v) is 6.93. The average Bonchev–Trinajstić information content (AvgIpc) is 2.94. The fourth-order valence-electron chi connectivity index (χ4n) is 2.43. The maximum atomic E-state index is 13.8. The van der Waals surface area contributed by atoms with Crippen LogP contribution in [0.25, 0.3) is 0 Å². The molecular weight excluding hydrogens is 291 g/mol. The molecule has 0 bridgehead atoms. The van der Waals surface area contributed by atoms with E-state index in [0.29, 0.717) is 6.54 Å². The Morgan fingerprint density at radius 2 is 1.81 bits per heavy atom. The third kappa shape index (κ3) is 2.41. The van der Waals surface area contributed by atoms with Crippen molar-refractivity contribution < 1.29 is 12.8 Å². The van der Waals surface area contributed by atoms with E-state index >= 15 is 0 Å². The van der Waals surface area contributed by atoms with Gasteiger partial charge in [0.1, 0.15) is 5.82 Å². The van der Waals surface area contributed by atoms with Crippen LogP contribution in [0, 0.1) is 5.82 Å². The summed E-state index contributed by atoms with van der Waals surface area (Å²) in [5.41, 5.74) is 2.11. The Bertz CT molecular complexity index is 790. The molecule has 0 radical (unpaired) electrons. The number of para-hydroxylation sites is 1. The van der Waals surface area contributed by atoms with Crippen molar-refractivity contribution in [3.8, 4) is 0 Å².